The Morgan fingerprint density at radius 2 is 0.960 bits per heavy atom. The molecule has 0 radical (unpaired) electrons. The zero-order valence-electron chi connectivity index (χ0n) is 14.2. The first kappa shape index (κ1) is 19.4. The van der Waals surface area contributed by atoms with Gasteiger partial charge in [-0.1, -0.05) is 97.9 Å². The minimum Gasteiger partial charge on any atom is -0.288 e. The summed E-state index contributed by atoms with van der Waals surface area (Å²) >= 11 is 8.55. The van der Waals surface area contributed by atoms with E-state index in [-0.39, 0.29) is 5.12 Å². The van der Waals surface area contributed by atoms with Gasteiger partial charge < -0.3 is 0 Å². The molecular formula is C22H22OS2. The van der Waals surface area contributed by atoms with Crippen LogP contribution in [0, 0.1) is 0 Å². The van der Waals surface area contributed by atoms with Gasteiger partial charge in [0.2, 0.25) is 0 Å². The predicted octanol–water partition coefficient (Wildman–Crippen LogP) is 5.76. The van der Waals surface area contributed by atoms with Gasteiger partial charge in [-0.2, -0.15) is 12.6 Å². The van der Waals surface area contributed by atoms with Crippen molar-refractivity contribution in [1.82, 2.24) is 0 Å². The maximum atomic E-state index is 9.68. The van der Waals surface area contributed by atoms with Gasteiger partial charge in [-0.3, -0.25) is 4.79 Å². The van der Waals surface area contributed by atoms with E-state index in [9.17, 15) is 4.79 Å². The number of benzene rings is 3. The van der Waals surface area contributed by atoms with E-state index in [4.69, 9.17) is 12.6 Å². The fraction of sp³-hybridized carbons (Fsp3) is 0.136. The van der Waals surface area contributed by atoms with Crippen LogP contribution in [-0.4, -0.2) is 5.12 Å². The molecule has 3 aromatic rings. The van der Waals surface area contributed by atoms with Crippen LogP contribution in [0.4, 0.5) is 0 Å². The number of hydrogen-bond donors (Lipinski definition) is 2. The van der Waals surface area contributed by atoms with Crippen LogP contribution in [-0.2, 0) is 9.54 Å². The molecule has 0 fully saturated rings. The summed E-state index contributed by atoms with van der Waals surface area (Å²) in [6.07, 6.45) is 0.531. The van der Waals surface area contributed by atoms with Crippen LogP contribution in [0.1, 0.15) is 30.0 Å². The molecule has 3 aromatic carbocycles. The highest BCUT2D eigenvalue weighted by Crippen LogP contribution is 2.42. The smallest absolute Gasteiger partial charge is 0.185 e. The van der Waals surface area contributed by atoms with Crippen LogP contribution < -0.4 is 0 Å². The van der Waals surface area contributed by atoms with Crippen LogP contribution in [0.5, 0.6) is 0 Å². The average molecular weight is 367 g/mol. The van der Waals surface area contributed by atoms with Gasteiger partial charge in [-0.05, 0) is 16.7 Å². The fourth-order valence-electron chi connectivity index (χ4n) is 2.54. The number of carbonyl (C=O) groups excluding carboxylic acids is 1. The molecule has 0 bridgehead atoms. The fourth-order valence-corrected chi connectivity index (χ4v) is 2.99. The van der Waals surface area contributed by atoms with E-state index in [0.717, 1.165) is 0 Å². The van der Waals surface area contributed by atoms with E-state index >= 15 is 0 Å². The van der Waals surface area contributed by atoms with Crippen LogP contribution >= 0.6 is 25.3 Å². The minimum absolute atomic E-state index is 0.0509. The third kappa shape index (κ3) is 5.00. The molecule has 0 aliphatic rings. The molecule has 0 spiro atoms. The summed E-state index contributed by atoms with van der Waals surface area (Å²) in [6.45, 7) is 1.77. The van der Waals surface area contributed by atoms with Crippen molar-refractivity contribution in [1.29, 1.82) is 0 Å². The number of thiol groups is 2. The molecule has 0 saturated heterocycles. The lowest BCUT2D eigenvalue weighted by atomic mass is 9.84. The first-order valence-electron chi connectivity index (χ1n) is 8.19. The van der Waals surface area contributed by atoms with Crippen LogP contribution in [0.15, 0.2) is 91.0 Å². The first-order chi connectivity index (χ1) is 12.1. The first-order valence-corrected chi connectivity index (χ1v) is 9.09. The second-order valence-corrected chi connectivity index (χ2v) is 6.73. The quantitative estimate of drug-likeness (QED) is 0.443. The van der Waals surface area contributed by atoms with E-state index in [1.165, 1.54) is 16.7 Å². The molecule has 0 amide bonds. The second-order valence-electron chi connectivity index (χ2n) is 5.56. The molecule has 3 rings (SSSR count). The standard InChI is InChI=1S/C19H16S.C3H6OS/c20-19(16-10-4-1-5-11-16,17-12-6-2-7-13-17)18-14-8-3-9-15-18;1-2-3(4)5/h1-15,20H;2H2,1H3,(H,4,5). The van der Waals surface area contributed by atoms with Gasteiger partial charge in [-0.15, -0.1) is 12.6 Å². The monoisotopic (exact) mass is 366 g/mol. The van der Waals surface area contributed by atoms with Crippen molar-refractivity contribution in [3.63, 3.8) is 0 Å². The van der Waals surface area contributed by atoms with Crippen molar-refractivity contribution in [3.8, 4) is 0 Å². The largest absolute Gasteiger partial charge is 0.288 e. The van der Waals surface area contributed by atoms with Crippen LogP contribution in [0.2, 0.25) is 0 Å². The van der Waals surface area contributed by atoms with Crippen LogP contribution in [0.3, 0.4) is 0 Å². The van der Waals surface area contributed by atoms with Crippen molar-refractivity contribution in [3.05, 3.63) is 108 Å². The lowest BCUT2D eigenvalue weighted by Gasteiger charge is -2.30. The van der Waals surface area contributed by atoms with E-state index in [0.29, 0.717) is 6.42 Å². The molecule has 0 heterocycles. The summed E-state index contributed by atoms with van der Waals surface area (Å²) in [7, 11) is 0. The highest BCUT2D eigenvalue weighted by Gasteiger charge is 2.31. The summed E-state index contributed by atoms with van der Waals surface area (Å²) in [6, 6.07) is 31.3. The number of rotatable bonds is 4. The topological polar surface area (TPSA) is 17.1 Å². The molecule has 0 saturated carbocycles. The second kappa shape index (κ2) is 9.50. The van der Waals surface area contributed by atoms with Gasteiger partial charge in [0.1, 0.15) is 0 Å². The molecule has 0 N–H and O–H groups in total. The van der Waals surface area contributed by atoms with Gasteiger partial charge in [0.25, 0.3) is 0 Å². The van der Waals surface area contributed by atoms with E-state index in [1.54, 1.807) is 6.92 Å². The zero-order valence-corrected chi connectivity index (χ0v) is 16.0. The Morgan fingerprint density at radius 3 is 1.16 bits per heavy atom. The van der Waals surface area contributed by atoms with Crippen molar-refractivity contribution in [2.75, 3.05) is 0 Å². The maximum Gasteiger partial charge on any atom is 0.185 e. The lowest BCUT2D eigenvalue weighted by molar-refractivity contribution is -0.110. The molecule has 0 aliphatic heterocycles. The van der Waals surface area contributed by atoms with Gasteiger partial charge in [0.15, 0.2) is 5.12 Å². The van der Waals surface area contributed by atoms with Crippen molar-refractivity contribution >= 4 is 30.4 Å². The Morgan fingerprint density at radius 1 is 0.720 bits per heavy atom. The Balaban J connectivity index is 0.000000399. The summed E-state index contributed by atoms with van der Waals surface area (Å²) < 4.78 is -0.427. The highest BCUT2D eigenvalue weighted by molar-refractivity contribution is 7.96. The van der Waals surface area contributed by atoms with E-state index in [2.05, 4.69) is 85.4 Å². The van der Waals surface area contributed by atoms with E-state index in [1.807, 2.05) is 18.2 Å². The zero-order chi connectivity index (χ0) is 18.1. The molecule has 0 unspecified atom stereocenters. The summed E-state index contributed by atoms with van der Waals surface area (Å²) in [5.74, 6) is 0. The third-order valence-corrected chi connectivity index (χ3v) is 4.97. The van der Waals surface area contributed by atoms with Gasteiger partial charge >= 0.3 is 0 Å². The SMILES string of the molecule is CCC(=O)S.SC(c1ccccc1)(c1ccccc1)c1ccccc1. The molecule has 128 valence electrons. The van der Waals surface area contributed by atoms with Gasteiger partial charge in [0.05, 0.1) is 4.75 Å². The Hall–Kier alpha value is -1.97. The summed E-state index contributed by atoms with van der Waals surface area (Å²) in [5, 5.41) is -0.0509. The van der Waals surface area contributed by atoms with Crippen molar-refractivity contribution in [2.45, 2.75) is 18.1 Å². The molecule has 0 atom stereocenters. The minimum atomic E-state index is -0.427. The third-order valence-electron chi connectivity index (χ3n) is 3.88. The molecular weight excluding hydrogens is 344 g/mol. The van der Waals surface area contributed by atoms with Gasteiger partial charge in [0, 0.05) is 6.42 Å². The maximum absolute atomic E-state index is 9.68. The lowest BCUT2D eigenvalue weighted by Crippen LogP contribution is -2.22. The average Bonchev–Trinajstić information content (AvgIpc) is 2.70. The highest BCUT2D eigenvalue weighted by atomic mass is 32.1. The normalized spacial score (nSPS) is 10.5. The molecule has 0 aliphatic carbocycles. The van der Waals surface area contributed by atoms with Crippen molar-refractivity contribution in [2.24, 2.45) is 0 Å². The van der Waals surface area contributed by atoms with Crippen LogP contribution in [0.25, 0.3) is 0 Å². The predicted molar refractivity (Wildman–Crippen MR) is 112 cm³/mol. The summed E-state index contributed by atoms with van der Waals surface area (Å²) in [4.78, 5) is 9.68. The molecule has 0 aromatic heterocycles. The summed E-state index contributed by atoms with van der Waals surface area (Å²) in [5.41, 5.74) is 3.54. The molecule has 1 nitrogen and oxygen atoms in total. The molecule has 25 heavy (non-hydrogen) atoms. The van der Waals surface area contributed by atoms with Gasteiger partial charge in [-0.25, -0.2) is 0 Å². The number of carbonyl (C=O) groups is 1. The Kier molecular flexibility index (Phi) is 7.35. The van der Waals surface area contributed by atoms with Crippen molar-refractivity contribution < 1.29 is 4.79 Å². The van der Waals surface area contributed by atoms with E-state index < -0.39 is 4.75 Å². The number of hydrogen-bond acceptors (Lipinski definition) is 2. The molecule has 3 heteroatoms. The Labute approximate surface area is 160 Å². The Bertz CT molecular complexity index is 674.